The molecule has 0 spiro atoms. The molecule has 1 aromatic rings. The van der Waals surface area contributed by atoms with Crippen LogP contribution in [-0.4, -0.2) is 18.1 Å². The van der Waals surface area contributed by atoms with Gasteiger partial charge in [0, 0.05) is 12.4 Å². The summed E-state index contributed by atoms with van der Waals surface area (Å²) in [5.41, 5.74) is 1.44. The summed E-state index contributed by atoms with van der Waals surface area (Å²) >= 11 is 0. The van der Waals surface area contributed by atoms with E-state index in [0.29, 0.717) is 0 Å². The standard InChI is InChI=1S/C12H13NO2/c1-15-10(14)12-6-11(7-12,8-12)9-2-4-13-5-3-9/h2-5H,6-8H2,1H3. The predicted molar refractivity (Wildman–Crippen MR) is 54.2 cm³/mol. The van der Waals surface area contributed by atoms with Crippen LogP contribution in [0.25, 0.3) is 0 Å². The number of carbonyl (C=O) groups excluding carboxylic acids is 1. The molecular formula is C12H13NO2. The molecule has 0 aromatic carbocycles. The van der Waals surface area contributed by atoms with Gasteiger partial charge in [0.25, 0.3) is 0 Å². The molecular weight excluding hydrogens is 190 g/mol. The molecule has 0 N–H and O–H groups in total. The summed E-state index contributed by atoms with van der Waals surface area (Å²) in [6.45, 7) is 0. The Labute approximate surface area is 88.5 Å². The van der Waals surface area contributed by atoms with Gasteiger partial charge in [-0.1, -0.05) is 0 Å². The largest absolute Gasteiger partial charge is 0.469 e. The molecule has 1 heterocycles. The van der Waals surface area contributed by atoms with Crippen LogP contribution < -0.4 is 0 Å². The number of pyridine rings is 1. The zero-order valence-electron chi connectivity index (χ0n) is 8.69. The molecule has 0 unspecified atom stereocenters. The average Bonchev–Trinajstić information content (AvgIpc) is 2.15. The lowest BCUT2D eigenvalue weighted by molar-refractivity contribution is -0.198. The highest BCUT2D eigenvalue weighted by atomic mass is 16.5. The topological polar surface area (TPSA) is 39.2 Å². The fourth-order valence-corrected chi connectivity index (χ4v) is 3.23. The molecule has 0 amide bonds. The van der Waals surface area contributed by atoms with E-state index in [-0.39, 0.29) is 16.8 Å². The number of aromatic nitrogens is 1. The number of carbonyl (C=O) groups is 1. The van der Waals surface area contributed by atoms with Crippen LogP contribution in [0.4, 0.5) is 0 Å². The van der Waals surface area contributed by atoms with Crippen molar-refractivity contribution in [2.24, 2.45) is 5.41 Å². The first-order chi connectivity index (χ1) is 7.21. The molecule has 0 saturated heterocycles. The Kier molecular flexibility index (Phi) is 1.54. The van der Waals surface area contributed by atoms with Crippen LogP contribution in [0.2, 0.25) is 0 Å². The predicted octanol–water partition coefficient (Wildman–Crippen LogP) is 1.68. The lowest BCUT2D eigenvalue weighted by Gasteiger charge is -2.68. The molecule has 3 fully saturated rings. The molecule has 15 heavy (non-hydrogen) atoms. The van der Waals surface area contributed by atoms with Crippen molar-refractivity contribution in [3.05, 3.63) is 30.1 Å². The maximum absolute atomic E-state index is 11.5. The normalized spacial score (nSPS) is 36.3. The number of hydrogen-bond acceptors (Lipinski definition) is 3. The Morgan fingerprint density at radius 3 is 2.47 bits per heavy atom. The molecule has 3 aliphatic rings. The van der Waals surface area contributed by atoms with Crippen LogP contribution in [0.15, 0.2) is 24.5 Å². The third-order valence-corrected chi connectivity index (χ3v) is 3.94. The quantitative estimate of drug-likeness (QED) is 0.686. The first kappa shape index (κ1) is 8.89. The van der Waals surface area contributed by atoms with Crippen LogP contribution in [0.5, 0.6) is 0 Å². The summed E-state index contributed by atoms with van der Waals surface area (Å²) in [6, 6.07) is 4.11. The molecule has 3 nitrogen and oxygen atoms in total. The minimum absolute atomic E-state index is 0.0292. The van der Waals surface area contributed by atoms with E-state index in [1.807, 2.05) is 12.4 Å². The average molecular weight is 203 g/mol. The molecule has 0 atom stereocenters. The van der Waals surface area contributed by atoms with Crippen molar-refractivity contribution in [3.8, 4) is 0 Å². The summed E-state index contributed by atoms with van der Waals surface area (Å²) in [5, 5.41) is 0. The first-order valence-corrected chi connectivity index (χ1v) is 5.20. The number of ether oxygens (including phenoxy) is 1. The fourth-order valence-electron chi connectivity index (χ4n) is 3.23. The van der Waals surface area contributed by atoms with Crippen molar-refractivity contribution >= 4 is 5.97 Å². The van der Waals surface area contributed by atoms with Gasteiger partial charge in [0.2, 0.25) is 0 Å². The maximum atomic E-state index is 11.5. The van der Waals surface area contributed by atoms with E-state index in [0.717, 1.165) is 19.3 Å². The van der Waals surface area contributed by atoms with Gasteiger partial charge in [0.15, 0.2) is 0 Å². The molecule has 3 heteroatoms. The second-order valence-corrected chi connectivity index (χ2v) is 4.82. The van der Waals surface area contributed by atoms with Gasteiger partial charge in [0.1, 0.15) is 0 Å². The molecule has 78 valence electrons. The lowest BCUT2D eigenvalue weighted by Crippen LogP contribution is -2.68. The third-order valence-electron chi connectivity index (χ3n) is 3.94. The molecule has 1 aromatic heterocycles. The maximum Gasteiger partial charge on any atom is 0.311 e. The Morgan fingerprint density at radius 1 is 1.33 bits per heavy atom. The summed E-state index contributed by atoms with van der Waals surface area (Å²) in [7, 11) is 1.47. The third kappa shape index (κ3) is 0.954. The Hall–Kier alpha value is -1.38. The highest BCUT2D eigenvalue weighted by Crippen LogP contribution is 2.73. The van der Waals surface area contributed by atoms with E-state index in [9.17, 15) is 4.79 Å². The van der Waals surface area contributed by atoms with Crippen molar-refractivity contribution < 1.29 is 9.53 Å². The Balaban J connectivity index is 1.79. The molecule has 4 rings (SSSR count). The van der Waals surface area contributed by atoms with Gasteiger partial charge in [-0.15, -0.1) is 0 Å². The fraction of sp³-hybridized carbons (Fsp3) is 0.500. The summed E-state index contributed by atoms with van der Waals surface area (Å²) in [5.74, 6) is -0.0292. The van der Waals surface area contributed by atoms with Crippen LogP contribution in [0.1, 0.15) is 24.8 Å². The smallest absolute Gasteiger partial charge is 0.311 e. The van der Waals surface area contributed by atoms with Crippen LogP contribution in [-0.2, 0) is 14.9 Å². The van der Waals surface area contributed by atoms with Crippen LogP contribution >= 0.6 is 0 Å². The van der Waals surface area contributed by atoms with Crippen LogP contribution in [0.3, 0.4) is 0 Å². The molecule has 3 saturated carbocycles. The van der Waals surface area contributed by atoms with Crippen molar-refractivity contribution in [3.63, 3.8) is 0 Å². The van der Waals surface area contributed by atoms with E-state index in [4.69, 9.17) is 4.74 Å². The zero-order valence-corrected chi connectivity index (χ0v) is 8.69. The SMILES string of the molecule is COC(=O)C12CC(c3ccncc3)(C1)C2. The molecule has 0 radical (unpaired) electrons. The minimum Gasteiger partial charge on any atom is -0.469 e. The van der Waals surface area contributed by atoms with E-state index in [1.54, 1.807) is 0 Å². The number of nitrogens with zero attached hydrogens (tertiary/aromatic N) is 1. The van der Waals surface area contributed by atoms with Gasteiger partial charge in [-0.25, -0.2) is 0 Å². The highest BCUT2D eigenvalue weighted by Gasteiger charge is 2.72. The van der Waals surface area contributed by atoms with Crippen molar-refractivity contribution in [1.82, 2.24) is 4.98 Å². The van der Waals surface area contributed by atoms with E-state index in [1.165, 1.54) is 12.7 Å². The van der Waals surface area contributed by atoms with Gasteiger partial charge in [-0.05, 0) is 42.4 Å². The van der Waals surface area contributed by atoms with E-state index in [2.05, 4.69) is 17.1 Å². The van der Waals surface area contributed by atoms with Gasteiger partial charge < -0.3 is 4.74 Å². The minimum atomic E-state index is -0.141. The van der Waals surface area contributed by atoms with E-state index >= 15 is 0 Å². The van der Waals surface area contributed by atoms with Gasteiger partial charge in [-0.3, -0.25) is 9.78 Å². The summed E-state index contributed by atoms with van der Waals surface area (Å²) < 4.78 is 4.82. The summed E-state index contributed by atoms with van der Waals surface area (Å²) in [4.78, 5) is 15.5. The zero-order chi connectivity index (χ0) is 10.5. The highest BCUT2D eigenvalue weighted by molar-refractivity contribution is 5.82. The van der Waals surface area contributed by atoms with Crippen molar-refractivity contribution in [2.45, 2.75) is 24.7 Å². The molecule has 2 bridgehead atoms. The first-order valence-electron chi connectivity index (χ1n) is 5.20. The molecule has 3 aliphatic carbocycles. The van der Waals surface area contributed by atoms with Crippen molar-refractivity contribution in [1.29, 1.82) is 0 Å². The monoisotopic (exact) mass is 203 g/mol. The molecule has 0 aliphatic heterocycles. The van der Waals surface area contributed by atoms with Gasteiger partial charge >= 0.3 is 5.97 Å². The lowest BCUT2D eigenvalue weighted by atomic mass is 9.33. The number of methoxy groups -OCH3 is 1. The van der Waals surface area contributed by atoms with Crippen LogP contribution in [0, 0.1) is 5.41 Å². The van der Waals surface area contributed by atoms with Gasteiger partial charge in [-0.2, -0.15) is 0 Å². The van der Waals surface area contributed by atoms with Crippen molar-refractivity contribution in [2.75, 3.05) is 7.11 Å². The Bertz CT molecular complexity index is 393. The summed E-state index contributed by atoms with van der Waals surface area (Å²) in [6.07, 6.45) is 6.51. The second-order valence-electron chi connectivity index (χ2n) is 4.82. The van der Waals surface area contributed by atoms with E-state index < -0.39 is 0 Å². The van der Waals surface area contributed by atoms with Gasteiger partial charge in [0.05, 0.1) is 12.5 Å². The number of rotatable bonds is 2. The number of esters is 1. The second kappa shape index (κ2) is 2.60. The number of hydrogen-bond donors (Lipinski definition) is 0. The Morgan fingerprint density at radius 2 is 1.93 bits per heavy atom.